The molecule has 0 saturated heterocycles. The third kappa shape index (κ3) is 0.868. The van der Waals surface area contributed by atoms with Crippen molar-refractivity contribution in [3.63, 3.8) is 0 Å². The topological polar surface area (TPSA) is 56.1 Å². The van der Waals surface area contributed by atoms with E-state index in [1.54, 1.807) is 24.6 Å². The van der Waals surface area contributed by atoms with Crippen molar-refractivity contribution in [1.82, 2.24) is 10.0 Å². The Morgan fingerprint density at radius 1 is 1.67 bits per heavy atom. The zero-order chi connectivity index (χ0) is 8.55. The minimum atomic E-state index is -0.969. The van der Waals surface area contributed by atoms with Crippen molar-refractivity contribution in [1.29, 1.82) is 0 Å². The molecule has 5 nitrogen and oxygen atoms in total. The largest absolute Gasteiger partial charge is 0.464 e. The fourth-order valence-electron chi connectivity index (χ4n) is 1.15. The maximum Gasteiger partial charge on any atom is 0.426 e. The summed E-state index contributed by atoms with van der Waals surface area (Å²) in [5, 5.41) is 11.4. The molecule has 0 aromatic carbocycles. The number of hydrogen-bond donors (Lipinski definition) is 1. The summed E-state index contributed by atoms with van der Waals surface area (Å²) in [6.45, 7) is 0.367. The maximum atomic E-state index is 10.6. The van der Waals surface area contributed by atoms with Crippen LogP contribution in [0.1, 0.15) is 0 Å². The van der Waals surface area contributed by atoms with Gasteiger partial charge < -0.3 is 5.11 Å². The molecule has 0 radical (unpaired) electrons. The summed E-state index contributed by atoms with van der Waals surface area (Å²) in [7, 11) is 0. The van der Waals surface area contributed by atoms with Gasteiger partial charge in [-0.15, -0.1) is 0 Å². The van der Waals surface area contributed by atoms with Crippen LogP contribution in [0, 0.1) is 0 Å². The second-order valence-electron chi connectivity index (χ2n) is 2.39. The van der Waals surface area contributed by atoms with Crippen LogP contribution in [-0.2, 0) is 0 Å². The molecular weight excluding hydrogens is 158 g/mol. The number of carbonyl (C=O) groups is 1. The minimum absolute atomic E-state index is 0.367. The van der Waals surface area contributed by atoms with E-state index in [4.69, 9.17) is 5.11 Å². The molecule has 5 heteroatoms. The van der Waals surface area contributed by atoms with Gasteiger partial charge in [-0.1, -0.05) is 0 Å². The van der Waals surface area contributed by atoms with E-state index in [0.717, 1.165) is 0 Å². The average Bonchev–Trinajstić information content (AvgIpc) is 2.47. The minimum Gasteiger partial charge on any atom is -0.464 e. The van der Waals surface area contributed by atoms with Crippen LogP contribution in [0.15, 0.2) is 29.2 Å². The predicted octanol–water partition coefficient (Wildman–Crippen LogP) is 0.637. The molecular formula is C7H7N3O2. The Balaban J connectivity index is 2.25. The average molecular weight is 165 g/mol. The fraction of sp³-hybridized carbons (Fsp3) is 0.143. The molecule has 0 aliphatic carbocycles. The van der Waals surface area contributed by atoms with Gasteiger partial charge >= 0.3 is 6.09 Å². The standard InChI is InChI=1S/C7H7N3O2/c11-7(12)10-5-2-6-8-3-1-4-9(6)10/h1-4H,5H2,(H,11,12). The Bertz CT molecular complexity index is 306. The number of fused-ring (bicyclic) bond motifs is 1. The first-order valence-corrected chi connectivity index (χ1v) is 3.49. The summed E-state index contributed by atoms with van der Waals surface area (Å²) in [6, 6.07) is 0. The van der Waals surface area contributed by atoms with Gasteiger partial charge in [0.15, 0.2) is 0 Å². The number of allylic oxidation sites excluding steroid dienone is 1. The normalized spacial score (nSPS) is 19.5. The first-order valence-electron chi connectivity index (χ1n) is 3.49. The molecule has 0 atom stereocenters. The molecule has 2 aliphatic heterocycles. The lowest BCUT2D eigenvalue weighted by atomic mass is 10.5. The molecule has 0 saturated carbocycles. The summed E-state index contributed by atoms with van der Waals surface area (Å²) in [4.78, 5) is 14.6. The highest BCUT2D eigenvalue weighted by atomic mass is 16.4. The Morgan fingerprint density at radius 2 is 2.50 bits per heavy atom. The summed E-state index contributed by atoms with van der Waals surface area (Å²) in [5.74, 6) is 0.667. The summed E-state index contributed by atoms with van der Waals surface area (Å²) in [6.07, 6.45) is 5.78. The third-order valence-corrected chi connectivity index (χ3v) is 1.68. The van der Waals surface area contributed by atoms with Crippen LogP contribution < -0.4 is 0 Å². The van der Waals surface area contributed by atoms with Crippen molar-refractivity contribution in [3.8, 4) is 0 Å². The Labute approximate surface area is 68.9 Å². The maximum absolute atomic E-state index is 10.6. The van der Waals surface area contributed by atoms with E-state index in [2.05, 4.69) is 4.99 Å². The van der Waals surface area contributed by atoms with Crippen LogP contribution in [0.25, 0.3) is 0 Å². The second kappa shape index (κ2) is 2.37. The highest BCUT2D eigenvalue weighted by Gasteiger charge is 2.26. The number of hydrogen-bond acceptors (Lipinski definition) is 3. The highest BCUT2D eigenvalue weighted by molar-refractivity contribution is 5.74. The lowest BCUT2D eigenvalue weighted by Crippen LogP contribution is -2.38. The van der Waals surface area contributed by atoms with Crippen LogP contribution >= 0.6 is 0 Å². The molecule has 12 heavy (non-hydrogen) atoms. The molecule has 0 bridgehead atoms. The number of hydrazine groups is 1. The lowest BCUT2D eigenvalue weighted by molar-refractivity contribution is 0.0740. The number of nitrogens with zero attached hydrogens (tertiary/aromatic N) is 3. The highest BCUT2D eigenvalue weighted by Crippen LogP contribution is 2.19. The van der Waals surface area contributed by atoms with Gasteiger partial charge in [-0.2, -0.15) is 0 Å². The molecule has 2 aliphatic rings. The quantitative estimate of drug-likeness (QED) is 0.573. The molecule has 0 aromatic heterocycles. The van der Waals surface area contributed by atoms with Gasteiger partial charge in [0.2, 0.25) is 0 Å². The van der Waals surface area contributed by atoms with Gasteiger partial charge in [-0.05, 0) is 12.2 Å². The van der Waals surface area contributed by atoms with Crippen molar-refractivity contribution in [2.75, 3.05) is 6.54 Å². The van der Waals surface area contributed by atoms with Crippen LogP contribution in [0.4, 0.5) is 4.79 Å². The zero-order valence-electron chi connectivity index (χ0n) is 6.21. The lowest BCUT2D eigenvalue weighted by Gasteiger charge is -2.25. The molecule has 2 heterocycles. The molecule has 2 rings (SSSR count). The molecule has 0 spiro atoms. The van der Waals surface area contributed by atoms with E-state index in [-0.39, 0.29) is 0 Å². The van der Waals surface area contributed by atoms with Gasteiger partial charge in [-0.3, -0.25) is 0 Å². The number of aliphatic imine (C=N–C) groups is 1. The van der Waals surface area contributed by atoms with Crippen LogP contribution in [0.3, 0.4) is 0 Å². The van der Waals surface area contributed by atoms with Gasteiger partial charge in [0, 0.05) is 12.4 Å². The van der Waals surface area contributed by atoms with E-state index in [1.165, 1.54) is 10.0 Å². The first-order chi connectivity index (χ1) is 5.79. The number of carboxylic acid groups (broad SMARTS) is 1. The third-order valence-electron chi connectivity index (χ3n) is 1.68. The molecule has 1 amide bonds. The summed E-state index contributed by atoms with van der Waals surface area (Å²) in [5.41, 5.74) is 0. The molecule has 0 unspecified atom stereocenters. The van der Waals surface area contributed by atoms with Crippen molar-refractivity contribution in [2.24, 2.45) is 4.99 Å². The summed E-state index contributed by atoms with van der Waals surface area (Å²) >= 11 is 0. The zero-order valence-corrected chi connectivity index (χ0v) is 6.21. The smallest absolute Gasteiger partial charge is 0.426 e. The Kier molecular flexibility index (Phi) is 1.36. The van der Waals surface area contributed by atoms with Crippen molar-refractivity contribution in [3.05, 3.63) is 24.2 Å². The predicted molar refractivity (Wildman–Crippen MR) is 42.3 cm³/mol. The summed E-state index contributed by atoms with van der Waals surface area (Å²) < 4.78 is 0. The fourth-order valence-corrected chi connectivity index (χ4v) is 1.15. The van der Waals surface area contributed by atoms with Crippen LogP contribution in [0.2, 0.25) is 0 Å². The number of rotatable bonds is 0. The van der Waals surface area contributed by atoms with Gasteiger partial charge in [0.1, 0.15) is 5.82 Å². The molecule has 1 N–H and O–H groups in total. The number of amides is 1. The molecule has 0 aromatic rings. The van der Waals surface area contributed by atoms with Crippen molar-refractivity contribution >= 4 is 12.3 Å². The SMILES string of the molecule is O=C(O)N1CC=C2N=CC=CN21. The van der Waals surface area contributed by atoms with Crippen LogP contribution in [0.5, 0.6) is 0 Å². The van der Waals surface area contributed by atoms with Gasteiger partial charge in [-0.25, -0.2) is 19.8 Å². The first kappa shape index (κ1) is 6.90. The second-order valence-corrected chi connectivity index (χ2v) is 2.39. The van der Waals surface area contributed by atoms with Crippen molar-refractivity contribution in [2.45, 2.75) is 0 Å². The Morgan fingerprint density at radius 3 is 3.25 bits per heavy atom. The van der Waals surface area contributed by atoms with E-state index >= 15 is 0 Å². The van der Waals surface area contributed by atoms with E-state index in [9.17, 15) is 4.79 Å². The van der Waals surface area contributed by atoms with Crippen molar-refractivity contribution < 1.29 is 9.90 Å². The van der Waals surface area contributed by atoms with Gasteiger partial charge in [0.05, 0.1) is 6.54 Å². The Hall–Kier alpha value is -1.78. The molecule has 0 fully saturated rings. The van der Waals surface area contributed by atoms with Gasteiger partial charge in [0.25, 0.3) is 0 Å². The van der Waals surface area contributed by atoms with E-state index in [1.807, 2.05) is 0 Å². The monoisotopic (exact) mass is 165 g/mol. The van der Waals surface area contributed by atoms with Crippen LogP contribution in [-0.4, -0.2) is 34.0 Å². The van der Waals surface area contributed by atoms with E-state index in [0.29, 0.717) is 12.4 Å². The molecule has 62 valence electrons. The van der Waals surface area contributed by atoms with E-state index < -0.39 is 6.09 Å².